The normalized spacial score (nSPS) is 13.4. The first-order valence-corrected chi connectivity index (χ1v) is 11.5. The van der Waals surface area contributed by atoms with Crippen molar-refractivity contribution in [1.82, 2.24) is 10.3 Å². The number of halogens is 4. The number of hydrogen-bond donors (Lipinski definition) is 1. The Morgan fingerprint density at radius 1 is 1.16 bits per heavy atom. The second-order valence-corrected chi connectivity index (χ2v) is 8.51. The predicted molar refractivity (Wildman–Crippen MR) is 138 cm³/mol. The van der Waals surface area contributed by atoms with E-state index in [1.54, 1.807) is 12.3 Å². The summed E-state index contributed by atoms with van der Waals surface area (Å²) in [6.45, 7) is 14.2. The molecular weight excluding hydrogens is 486 g/mol. The maximum atomic E-state index is 13.8. The zero-order valence-electron chi connectivity index (χ0n) is 21.3. The van der Waals surface area contributed by atoms with Crippen LogP contribution in [0.1, 0.15) is 37.5 Å². The van der Waals surface area contributed by atoms with Crippen LogP contribution in [0.15, 0.2) is 59.9 Å². The average molecular weight is 518 g/mol. The van der Waals surface area contributed by atoms with Crippen molar-refractivity contribution in [3.05, 3.63) is 94.7 Å². The number of aryl methyl sites for hydroxylation is 1. The Morgan fingerprint density at radius 2 is 1.81 bits per heavy atom. The van der Waals surface area contributed by atoms with Gasteiger partial charge < -0.3 is 10.1 Å². The zero-order chi connectivity index (χ0) is 27.7. The van der Waals surface area contributed by atoms with Gasteiger partial charge in [-0.1, -0.05) is 43.0 Å². The molecule has 2 rings (SSSR count). The molecule has 0 saturated carbocycles. The summed E-state index contributed by atoms with van der Waals surface area (Å²) in [6.07, 6.45) is 7.20. The van der Waals surface area contributed by atoms with Crippen molar-refractivity contribution < 1.29 is 27.1 Å². The molecule has 9 heteroatoms. The maximum absolute atomic E-state index is 13.8. The number of carbonyl (C=O) groups is 1. The SMILES string of the molecule is C=C/C=C\c1cc(CNC(C)/C(C)=C/N(N=C)C(C)C(=O)COc2c(F)c(F)cc(F)c2F)ccc1C. The van der Waals surface area contributed by atoms with Gasteiger partial charge in [-0.3, -0.25) is 9.80 Å². The maximum Gasteiger partial charge on any atom is 0.203 e. The summed E-state index contributed by atoms with van der Waals surface area (Å²) in [5, 5.41) is 8.52. The van der Waals surface area contributed by atoms with Gasteiger partial charge in [0.05, 0.1) is 0 Å². The number of nitrogens with zero attached hydrogens (tertiary/aromatic N) is 2. The smallest absolute Gasteiger partial charge is 0.203 e. The van der Waals surface area contributed by atoms with Crippen molar-refractivity contribution in [3.8, 4) is 5.75 Å². The first-order valence-electron chi connectivity index (χ1n) is 11.5. The van der Waals surface area contributed by atoms with Gasteiger partial charge in [0.2, 0.25) is 11.6 Å². The van der Waals surface area contributed by atoms with Gasteiger partial charge in [-0.2, -0.15) is 13.9 Å². The number of ether oxygens (including phenoxy) is 1. The van der Waals surface area contributed by atoms with Crippen molar-refractivity contribution in [3.63, 3.8) is 0 Å². The van der Waals surface area contributed by atoms with E-state index in [1.165, 1.54) is 11.9 Å². The Kier molecular flexibility index (Phi) is 10.8. The number of hydrogen-bond acceptors (Lipinski definition) is 5. The van der Waals surface area contributed by atoms with E-state index >= 15 is 0 Å². The van der Waals surface area contributed by atoms with E-state index in [1.807, 2.05) is 45.1 Å². The highest BCUT2D eigenvalue weighted by Crippen LogP contribution is 2.26. The molecule has 0 bridgehead atoms. The first-order chi connectivity index (χ1) is 17.5. The summed E-state index contributed by atoms with van der Waals surface area (Å²) < 4.78 is 59.1. The van der Waals surface area contributed by atoms with Gasteiger partial charge in [-0.15, -0.1) is 0 Å². The lowest BCUT2D eigenvalue weighted by atomic mass is 10.0. The lowest BCUT2D eigenvalue weighted by molar-refractivity contribution is -0.125. The van der Waals surface area contributed by atoms with E-state index in [0.29, 0.717) is 6.54 Å². The molecule has 0 aliphatic heterocycles. The molecular formula is C28H31F4N3O2. The molecule has 1 N–H and O–H groups in total. The van der Waals surface area contributed by atoms with Gasteiger partial charge in [-0.25, -0.2) is 8.78 Å². The van der Waals surface area contributed by atoms with Gasteiger partial charge >= 0.3 is 0 Å². The molecule has 198 valence electrons. The van der Waals surface area contributed by atoms with Crippen LogP contribution in [0.5, 0.6) is 5.75 Å². The third-order valence-electron chi connectivity index (χ3n) is 5.84. The highest BCUT2D eigenvalue weighted by atomic mass is 19.2. The van der Waals surface area contributed by atoms with Crippen molar-refractivity contribution in [1.29, 1.82) is 0 Å². The minimum absolute atomic E-state index is 0.0613. The summed E-state index contributed by atoms with van der Waals surface area (Å²) in [5.74, 6) is -8.62. The molecule has 0 amide bonds. The number of rotatable bonds is 13. The summed E-state index contributed by atoms with van der Waals surface area (Å²) >= 11 is 0. The van der Waals surface area contributed by atoms with Crippen molar-refractivity contribution >= 4 is 18.6 Å². The van der Waals surface area contributed by atoms with Crippen LogP contribution in [-0.2, 0) is 11.3 Å². The summed E-state index contributed by atoms with van der Waals surface area (Å²) in [5.41, 5.74) is 4.16. The molecule has 2 atom stereocenters. The van der Waals surface area contributed by atoms with Crippen LogP contribution in [0.2, 0.25) is 0 Å². The third kappa shape index (κ3) is 7.88. The van der Waals surface area contributed by atoms with Crippen LogP contribution in [-0.4, -0.2) is 36.2 Å². The van der Waals surface area contributed by atoms with E-state index in [9.17, 15) is 22.4 Å². The average Bonchev–Trinajstić information content (AvgIpc) is 2.88. The van der Waals surface area contributed by atoms with Crippen LogP contribution < -0.4 is 10.1 Å². The largest absolute Gasteiger partial charge is 0.479 e. The molecule has 0 heterocycles. The molecule has 2 aromatic carbocycles. The Hall–Kier alpha value is -3.72. The van der Waals surface area contributed by atoms with Gasteiger partial charge in [-0.05, 0) is 50.0 Å². The molecule has 0 aliphatic carbocycles. The fourth-order valence-electron chi connectivity index (χ4n) is 3.27. The second kappa shape index (κ2) is 13.5. The molecule has 0 spiro atoms. The van der Waals surface area contributed by atoms with Crippen molar-refractivity contribution in [2.75, 3.05) is 6.61 Å². The van der Waals surface area contributed by atoms with E-state index in [0.717, 1.165) is 22.3 Å². The number of benzene rings is 2. The molecule has 2 aromatic rings. The number of carbonyl (C=O) groups excluding carboxylic acids is 1. The highest BCUT2D eigenvalue weighted by Gasteiger charge is 2.24. The Bertz CT molecular complexity index is 1180. The van der Waals surface area contributed by atoms with E-state index in [-0.39, 0.29) is 12.1 Å². The summed E-state index contributed by atoms with van der Waals surface area (Å²) in [4.78, 5) is 12.6. The van der Waals surface area contributed by atoms with Crippen molar-refractivity contribution in [2.24, 2.45) is 5.10 Å². The lowest BCUT2D eigenvalue weighted by Gasteiger charge is -2.24. The molecule has 0 aromatic heterocycles. The van der Waals surface area contributed by atoms with Crippen LogP contribution in [0.25, 0.3) is 6.08 Å². The van der Waals surface area contributed by atoms with Gasteiger partial charge in [0.1, 0.15) is 12.6 Å². The lowest BCUT2D eigenvalue weighted by Crippen LogP contribution is -2.36. The molecule has 2 unspecified atom stereocenters. The quantitative estimate of drug-likeness (QED) is 0.115. The Labute approximate surface area is 214 Å². The summed E-state index contributed by atoms with van der Waals surface area (Å²) in [7, 11) is 0. The Morgan fingerprint density at radius 3 is 2.41 bits per heavy atom. The number of nitrogens with one attached hydrogen (secondary N) is 1. The topological polar surface area (TPSA) is 53.9 Å². The molecule has 0 radical (unpaired) electrons. The third-order valence-corrected chi connectivity index (χ3v) is 5.84. The molecule has 37 heavy (non-hydrogen) atoms. The zero-order valence-corrected chi connectivity index (χ0v) is 21.3. The molecule has 0 aliphatic rings. The fraction of sp³-hybridized carbons (Fsp3) is 0.286. The minimum Gasteiger partial charge on any atom is -0.479 e. The molecule has 0 saturated heterocycles. The number of Topliss-reactive ketones (excluding diaryl/α,β-unsaturated/α-hetero) is 1. The van der Waals surface area contributed by atoms with Crippen LogP contribution >= 0.6 is 0 Å². The van der Waals surface area contributed by atoms with Crippen LogP contribution in [0.4, 0.5) is 17.6 Å². The van der Waals surface area contributed by atoms with Gasteiger partial charge in [0.15, 0.2) is 23.2 Å². The van der Waals surface area contributed by atoms with Crippen LogP contribution in [0.3, 0.4) is 0 Å². The van der Waals surface area contributed by atoms with E-state index in [2.05, 4.69) is 29.8 Å². The van der Waals surface area contributed by atoms with Crippen molar-refractivity contribution in [2.45, 2.75) is 46.3 Å². The molecule has 5 nitrogen and oxygen atoms in total. The van der Waals surface area contributed by atoms with E-state index in [4.69, 9.17) is 4.74 Å². The monoisotopic (exact) mass is 517 g/mol. The standard InChI is InChI=1S/C28H31F4N3O2/c1-7-8-9-22-12-21(11-10-17(22)2)14-34-19(4)18(3)15-35(33-6)20(5)25(36)16-37-28-26(31)23(29)13-24(30)27(28)32/h7-13,15,19-20,34H,1,6,14,16H2,2-5H3/b9-8-,18-15+. The highest BCUT2D eigenvalue weighted by molar-refractivity contribution is 5.85. The van der Waals surface area contributed by atoms with Crippen LogP contribution in [0, 0.1) is 30.2 Å². The predicted octanol–water partition coefficient (Wildman–Crippen LogP) is 6.09. The van der Waals surface area contributed by atoms with E-state index < -0.39 is 47.5 Å². The van der Waals surface area contributed by atoms with Gasteiger partial charge in [0, 0.05) is 31.6 Å². The number of ketones is 1. The van der Waals surface area contributed by atoms with Gasteiger partial charge in [0.25, 0.3) is 0 Å². The fourth-order valence-corrected chi connectivity index (χ4v) is 3.27. The second-order valence-electron chi connectivity index (χ2n) is 8.51. The molecule has 0 fully saturated rings. The summed E-state index contributed by atoms with van der Waals surface area (Å²) in [6, 6.07) is 5.19. The number of hydrazone groups is 1. The Balaban J connectivity index is 2.03. The first kappa shape index (κ1) is 29.5. The minimum atomic E-state index is -1.72. The number of allylic oxidation sites excluding steroid dienone is 2.